The Hall–Kier alpha value is -3.38. The Labute approximate surface area is 187 Å². The maximum absolute atomic E-state index is 5.82. The molecule has 0 bridgehead atoms. The van der Waals surface area contributed by atoms with Crippen LogP contribution in [0.1, 0.15) is 40.5 Å². The van der Waals surface area contributed by atoms with Crippen molar-refractivity contribution in [1.82, 2.24) is 14.9 Å². The summed E-state index contributed by atoms with van der Waals surface area (Å²) in [6, 6.07) is 22.5. The Morgan fingerprint density at radius 3 is 2.55 bits per heavy atom. The van der Waals surface area contributed by atoms with E-state index in [0.717, 1.165) is 17.1 Å². The largest absolute Gasteiger partial charge is 0.467 e. The Morgan fingerprint density at radius 2 is 1.84 bits per heavy atom. The molecule has 1 aliphatic rings. The van der Waals surface area contributed by atoms with Gasteiger partial charge in [0.2, 0.25) is 0 Å². The van der Waals surface area contributed by atoms with Gasteiger partial charge in [0.05, 0.1) is 30.6 Å². The van der Waals surface area contributed by atoms with E-state index in [1.807, 2.05) is 48.7 Å². The second-order valence-corrected chi connectivity index (χ2v) is 8.21. The molecule has 0 unspecified atom stereocenters. The van der Waals surface area contributed by atoms with Crippen LogP contribution in [0.15, 0.2) is 83.6 Å². The quantitative estimate of drug-likeness (QED) is 0.436. The van der Waals surface area contributed by atoms with Crippen LogP contribution in [0, 0.1) is 13.8 Å². The van der Waals surface area contributed by atoms with Crippen LogP contribution in [0.3, 0.4) is 0 Å². The zero-order valence-corrected chi connectivity index (χ0v) is 18.3. The molecule has 2 atom stereocenters. The highest BCUT2D eigenvalue weighted by Gasteiger charge is 2.42. The zero-order valence-electron chi connectivity index (χ0n) is 17.5. The van der Waals surface area contributed by atoms with Crippen molar-refractivity contribution in [2.24, 2.45) is 0 Å². The Bertz CT molecular complexity index is 1190. The predicted octanol–water partition coefficient (Wildman–Crippen LogP) is 5.32. The van der Waals surface area contributed by atoms with Gasteiger partial charge in [-0.05, 0) is 74.1 Å². The molecule has 1 fully saturated rings. The number of nitrogens with zero attached hydrogens (tertiary/aromatic N) is 3. The number of hydrogen-bond acceptors (Lipinski definition) is 3. The molecule has 0 spiro atoms. The molecule has 1 aliphatic heterocycles. The first-order valence-corrected chi connectivity index (χ1v) is 10.8. The molecule has 0 amide bonds. The Morgan fingerprint density at radius 1 is 1.03 bits per heavy atom. The molecule has 1 N–H and O–H groups in total. The number of benzene rings is 1. The van der Waals surface area contributed by atoms with Crippen LogP contribution in [0.5, 0.6) is 0 Å². The van der Waals surface area contributed by atoms with E-state index in [2.05, 4.69) is 57.9 Å². The van der Waals surface area contributed by atoms with Gasteiger partial charge >= 0.3 is 0 Å². The molecule has 31 heavy (non-hydrogen) atoms. The van der Waals surface area contributed by atoms with E-state index in [4.69, 9.17) is 16.6 Å². The number of furan rings is 1. The van der Waals surface area contributed by atoms with Gasteiger partial charge in [-0.2, -0.15) is 0 Å². The fourth-order valence-electron chi connectivity index (χ4n) is 4.47. The van der Waals surface area contributed by atoms with Crippen molar-refractivity contribution < 1.29 is 4.42 Å². The normalized spacial score (nSPS) is 18.4. The summed E-state index contributed by atoms with van der Waals surface area (Å²) in [5.74, 6) is 0.939. The molecular weight excluding hydrogens is 404 g/mol. The number of nitrogens with one attached hydrogen (secondary N) is 1. The topological polar surface area (TPSA) is 46.2 Å². The first kappa shape index (κ1) is 19.6. The van der Waals surface area contributed by atoms with E-state index < -0.39 is 0 Å². The molecule has 156 valence electrons. The van der Waals surface area contributed by atoms with E-state index >= 15 is 0 Å². The van der Waals surface area contributed by atoms with Crippen molar-refractivity contribution in [2.45, 2.75) is 32.5 Å². The minimum atomic E-state index is -0.0496. The lowest BCUT2D eigenvalue weighted by molar-refractivity contribution is 0.488. The molecule has 1 saturated heterocycles. The van der Waals surface area contributed by atoms with Gasteiger partial charge in [0.1, 0.15) is 5.76 Å². The number of pyridine rings is 1. The molecular formula is C25H24N4OS. The summed E-state index contributed by atoms with van der Waals surface area (Å²) in [4.78, 5) is 6.86. The van der Waals surface area contributed by atoms with Crippen molar-refractivity contribution >= 4 is 23.0 Å². The SMILES string of the molecule is Cc1cc([C@@H]2[C@H](c3ccccn3)NC(=S)N2c2ccccc2)c(C)n1Cc1ccco1. The average molecular weight is 429 g/mol. The number of aryl methyl sites for hydroxylation is 1. The molecule has 4 aromatic rings. The molecule has 5 nitrogen and oxygen atoms in total. The summed E-state index contributed by atoms with van der Waals surface area (Å²) in [7, 11) is 0. The van der Waals surface area contributed by atoms with Gasteiger partial charge in [-0.25, -0.2) is 0 Å². The number of aromatic nitrogens is 2. The van der Waals surface area contributed by atoms with E-state index in [1.165, 1.54) is 17.0 Å². The van der Waals surface area contributed by atoms with Crippen LogP contribution >= 0.6 is 12.2 Å². The minimum absolute atomic E-state index is 0.0126. The van der Waals surface area contributed by atoms with Gasteiger partial charge in [-0.1, -0.05) is 24.3 Å². The summed E-state index contributed by atoms with van der Waals surface area (Å²) in [6.45, 7) is 5.02. The first-order chi connectivity index (χ1) is 15.1. The maximum atomic E-state index is 5.82. The lowest BCUT2D eigenvalue weighted by atomic mass is 9.96. The molecule has 4 heterocycles. The third-order valence-corrected chi connectivity index (χ3v) is 6.27. The van der Waals surface area contributed by atoms with Gasteiger partial charge in [0.25, 0.3) is 0 Å². The number of thiocarbonyl (C=S) groups is 1. The minimum Gasteiger partial charge on any atom is -0.467 e. The average Bonchev–Trinajstić information content (AvgIpc) is 3.50. The summed E-state index contributed by atoms with van der Waals surface area (Å²) in [6.07, 6.45) is 3.56. The third kappa shape index (κ3) is 3.53. The summed E-state index contributed by atoms with van der Waals surface area (Å²) in [5.41, 5.74) is 5.67. The van der Waals surface area contributed by atoms with Gasteiger partial charge < -0.3 is 19.2 Å². The zero-order chi connectivity index (χ0) is 21.4. The number of hydrogen-bond donors (Lipinski definition) is 1. The molecule has 1 aromatic carbocycles. The van der Waals surface area contributed by atoms with Crippen LogP contribution in [0.4, 0.5) is 5.69 Å². The van der Waals surface area contributed by atoms with Crippen molar-refractivity contribution in [3.05, 3.63) is 108 Å². The smallest absolute Gasteiger partial charge is 0.174 e. The Kier molecular flexibility index (Phi) is 5.08. The number of anilines is 1. The fraction of sp³-hybridized carbons (Fsp3) is 0.200. The summed E-state index contributed by atoms with van der Waals surface area (Å²) in [5, 5.41) is 4.25. The highest BCUT2D eigenvalue weighted by atomic mass is 32.1. The van der Waals surface area contributed by atoms with E-state index in [9.17, 15) is 0 Å². The third-order valence-electron chi connectivity index (χ3n) is 5.96. The van der Waals surface area contributed by atoms with Crippen molar-refractivity contribution in [2.75, 3.05) is 4.90 Å². The Balaban J connectivity index is 1.63. The summed E-state index contributed by atoms with van der Waals surface area (Å²) < 4.78 is 7.91. The lowest BCUT2D eigenvalue weighted by Crippen LogP contribution is -2.29. The van der Waals surface area contributed by atoms with Crippen molar-refractivity contribution in [3.8, 4) is 0 Å². The van der Waals surface area contributed by atoms with Crippen LogP contribution < -0.4 is 10.2 Å². The van der Waals surface area contributed by atoms with E-state index in [1.54, 1.807) is 6.26 Å². The van der Waals surface area contributed by atoms with Gasteiger partial charge in [0.15, 0.2) is 5.11 Å². The molecule has 6 heteroatoms. The molecule has 0 aliphatic carbocycles. The second kappa shape index (κ2) is 8.04. The van der Waals surface area contributed by atoms with Gasteiger partial charge in [-0.3, -0.25) is 4.98 Å². The van der Waals surface area contributed by atoms with Crippen LogP contribution in [0.25, 0.3) is 0 Å². The van der Waals surface area contributed by atoms with Crippen LogP contribution in [-0.4, -0.2) is 14.7 Å². The summed E-state index contributed by atoms with van der Waals surface area (Å²) >= 11 is 5.82. The van der Waals surface area contributed by atoms with E-state index in [0.29, 0.717) is 11.7 Å². The number of rotatable bonds is 5. The highest BCUT2D eigenvalue weighted by Crippen LogP contribution is 2.43. The van der Waals surface area contributed by atoms with Crippen molar-refractivity contribution in [3.63, 3.8) is 0 Å². The standard InChI is InChI=1S/C25H24N4OS/c1-17-15-21(18(2)28(17)16-20-11-8-14-30-20)24-23(22-12-6-7-13-26-22)27-25(31)29(24)19-9-4-3-5-10-19/h3-15,23-24H,16H2,1-2H3,(H,27,31)/t23-,24+/m0/s1. The highest BCUT2D eigenvalue weighted by molar-refractivity contribution is 7.80. The van der Waals surface area contributed by atoms with Gasteiger partial charge in [-0.15, -0.1) is 0 Å². The molecule has 3 aromatic heterocycles. The monoisotopic (exact) mass is 428 g/mol. The number of para-hydroxylation sites is 1. The van der Waals surface area contributed by atoms with Crippen LogP contribution in [0.2, 0.25) is 0 Å². The van der Waals surface area contributed by atoms with Gasteiger partial charge in [0, 0.05) is 23.3 Å². The predicted molar refractivity (Wildman–Crippen MR) is 126 cm³/mol. The van der Waals surface area contributed by atoms with Crippen LogP contribution in [-0.2, 0) is 6.54 Å². The molecule has 0 saturated carbocycles. The molecule has 5 rings (SSSR count). The van der Waals surface area contributed by atoms with E-state index in [-0.39, 0.29) is 12.1 Å². The first-order valence-electron chi connectivity index (χ1n) is 10.4. The fourth-order valence-corrected chi connectivity index (χ4v) is 4.81. The molecule has 0 radical (unpaired) electrons. The second-order valence-electron chi connectivity index (χ2n) is 7.82. The maximum Gasteiger partial charge on any atom is 0.174 e. The lowest BCUT2D eigenvalue weighted by Gasteiger charge is -2.28. The van der Waals surface area contributed by atoms with Crippen molar-refractivity contribution in [1.29, 1.82) is 0 Å².